The maximum absolute atomic E-state index is 13.0. The standard InChI is InChI=1S/C18H21N3O4S2/c1-11-10-26-18(19-11)16-9-17(12(2)21(16)3)27(22,23)20-13-6-14(24-4)8-15(7-13)25-5/h6-10,20H,1-5H3. The Hall–Kier alpha value is -2.52. The zero-order valence-electron chi connectivity index (χ0n) is 15.7. The van der Waals surface area contributed by atoms with E-state index in [-0.39, 0.29) is 4.90 Å². The van der Waals surface area contributed by atoms with Gasteiger partial charge in [-0.2, -0.15) is 0 Å². The Labute approximate surface area is 162 Å². The van der Waals surface area contributed by atoms with Gasteiger partial charge in [0.25, 0.3) is 10.0 Å². The zero-order valence-corrected chi connectivity index (χ0v) is 17.4. The summed E-state index contributed by atoms with van der Waals surface area (Å²) in [6, 6.07) is 6.52. The third-order valence-corrected chi connectivity index (χ3v) is 6.70. The van der Waals surface area contributed by atoms with Crippen LogP contribution in [0.5, 0.6) is 11.5 Å². The zero-order chi connectivity index (χ0) is 19.8. The largest absolute Gasteiger partial charge is 0.497 e. The normalized spacial score (nSPS) is 11.4. The topological polar surface area (TPSA) is 82.5 Å². The second-order valence-electron chi connectivity index (χ2n) is 6.04. The molecule has 0 fully saturated rings. The van der Waals surface area contributed by atoms with Crippen molar-refractivity contribution in [1.82, 2.24) is 9.55 Å². The van der Waals surface area contributed by atoms with E-state index in [0.717, 1.165) is 16.4 Å². The lowest BCUT2D eigenvalue weighted by Crippen LogP contribution is -2.14. The van der Waals surface area contributed by atoms with E-state index in [4.69, 9.17) is 9.47 Å². The van der Waals surface area contributed by atoms with Crippen molar-refractivity contribution in [3.05, 3.63) is 41.0 Å². The van der Waals surface area contributed by atoms with Gasteiger partial charge in [-0.1, -0.05) is 0 Å². The summed E-state index contributed by atoms with van der Waals surface area (Å²) in [5.74, 6) is 0.992. The van der Waals surface area contributed by atoms with Crippen LogP contribution in [0.3, 0.4) is 0 Å². The van der Waals surface area contributed by atoms with Gasteiger partial charge in [0.15, 0.2) is 0 Å². The molecule has 1 N–H and O–H groups in total. The summed E-state index contributed by atoms with van der Waals surface area (Å²) in [6.07, 6.45) is 0. The molecule has 0 radical (unpaired) electrons. The highest BCUT2D eigenvalue weighted by atomic mass is 32.2. The lowest BCUT2D eigenvalue weighted by Gasteiger charge is -2.11. The number of hydrogen-bond donors (Lipinski definition) is 1. The highest BCUT2D eigenvalue weighted by Gasteiger charge is 2.24. The molecule has 0 aliphatic heterocycles. The summed E-state index contributed by atoms with van der Waals surface area (Å²) >= 11 is 1.48. The third kappa shape index (κ3) is 3.79. The molecule has 2 heterocycles. The number of benzene rings is 1. The van der Waals surface area contributed by atoms with E-state index >= 15 is 0 Å². The van der Waals surface area contributed by atoms with Gasteiger partial charge in [0, 0.05) is 42.0 Å². The minimum absolute atomic E-state index is 0.203. The van der Waals surface area contributed by atoms with E-state index in [9.17, 15) is 8.42 Å². The van der Waals surface area contributed by atoms with E-state index in [1.165, 1.54) is 25.6 Å². The van der Waals surface area contributed by atoms with Crippen molar-refractivity contribution < 1.29 is 17.9 Å². The Morgan fingerprint density at radius 2 is 1.70 bits per heavy atom. The maximum atomic E-state index is 13.0. The number of anilines is 1. The fraction of sp³-hybridized carbons (Fsp3) is 0.278. The van der Waals surface area contributed by atoms with Gasteiger partial charge in [0.2, 0.25) is 0 Å². The van der Waals surface area contributed by atoms with Crippen molar-refractivity contribution >= 4 is 27.0 Å². The molecule has 0 spiro atoms. The second-order valence-corrected chi connectivity index (χ2v) is 8.55. The Bertz CT molecular complexity index is 1060. The molecule has 2 aromatic heterocycles. The first kappa shape index (κ1) is 19.2. The van der Waals surface area contributed by atoms with Gasteiger partial charge < -0.3 is 14.0 Å². The molecular formula is C18H21N3O4S2. The van der Waals surface area contributed by atoms with Crippen molar-refractivity contribution in [1.29, 1.82) is 0 Å². The number of thiazole rings is 1. The Balaban J connectivity index is 2.01. The van der Waals surface area contributed by atoms with Crippen molar-refractivity contribution in [2.24, 2.45) is 7.05 Å². The molecule has 0 saturated heterocycles. The van der Waals surface area contributed by atoms with E-state index in [1.54, 1.807) is 31.2 Å². The van der Waals surface area contributed by atoms with Crippen LogP contribution in [0.15, 0.2) is 34.5 Å². The van der Waals surface area contributed by atoms with E-state index in [0.29, 0.717) is 22.9 Å². The number of rotatable bonds is 6. The number of sulfonamides is 1. The van der Waals surface area contributed by atoms with Crippen LogP contribution in [0.25, 0.3) is 10.7 Å². The molecule has 7 nitrogen and oxygen atoms in total. The van der Waals surface area contributed by atoms with Gasteiger partial charge in [-0.25, -0.2) is 13.4 Å². The van der Waals surface area contributed by atoms with Crippen LogP contribution in [0.4, 0.5) is 5.69 Å². The van der Waals surface area contributed by atoms with E-state index in [1.807, 2.05) is 23.9 Å². The highest BCUT2D eigenvalue weighted by Crippen LogP contribution is 2.32. The minimum Gasteiger partial charge on any atom is -0.497 e. The molecule has 27 heavy (non-hydrogen) atoms. The summed E-state index contributed by atoms with van der Waals surface area (Å²) in [7, 11) is 1.05. The van der Waals surface area contributed by atoms with Crippen LogP contribution in [0, 0.1) is 13.8 Å². The summed E-state index contributed by atoms with van der Waals surface area (Å²) in [6.45, 7) is 3.68. The molecule has 0 amide bonds. The van der Waals surface area contributed by atoms with Crippen molar-refractivity contribution in [3.8, 4) is 22.2 Å². The smallest absolute Gasteiger partial charge is 0.263 e. The number of hydrogen-bond acceptors (Lipinski definition) is 6. The predicted octanol–water partition coefficient (Wildman–Crippen LogP) is 3.58. The number of aromatic nitrogens is 2. The van der Waals surface area contributed by atoms with Crippen LogP contribution >= 0.6 is 11.3 Å². The SMILES string of the molecule is COc1cc(NS(=O)(=O)c2cc(-c3nc(C)cs3)n(C)c2C)cc(OC)c1. The number of aryl methyl sites for hydroxylation is 1. The van der Waals surface area contributed by atoms with Gasteiger partial charge >= 0.3 is 0 Å². The molecule has 0 unspecified atom stereocenters. The minimum atomic E-state index is -3.80. The van der Waals surface area contributed by atoms with Gasteiger partial charge in [-0.05, 0) is 19.9 Å². The summed E-state index contributed by atoms with van der Waals surface area (Å²) in [4.78, 5) is 4.66. The molecule has 3 rings (SSSR count). The molecule has 3 aromatic rings. The molecule has 0 atom stereocenters. The Morgan fingerprint density at radius 3 is 2.22 bits per heavy atom. The Morgan fingerprint density at radius 1 is 1.07 bits per heavy atom. The quantitative estimate of drug-likeness (QED) is 0.675. The fourth-order valence-electron chi connectivity index (χ4n) is 2.70. The van der Waals surface area contributed by atoms with Crippen molar-refractivity contribution in [2.45, 2.75) is 18.7 Å². The molecule has 0 aliphatic rings. The number of nitrogens with zero attached hydrogens (tertiary/aromatic N) is 2. The molecule has 0 saturated carbocycles. The van der Waals surface area contributed by atoms with Crippen molar-refractivity contribution in [3.63, 3.8) is 0 Å². The van der Waals surface area contributed by atoms with E-state index in [2.05, 4.69) is 9.71 Å². The fourth-order valence-corrected chi connectivity index (χ4v) is 4.88. The average Bonchev–Trinajstić information content (AvgIpc) is 3.18. The molecule has 144 valence electrons. The third-order valence-electron chi connectivity index (χ3n) is 4.22. The number of ether oxygens (including phenoxy) is 2. The van der Waals surface area contributed by atoms with E-state index < -0.39 is 10.0 Å². The lowest BCUT2D eigenvalue weighted by molar-refractivity contribution is 0.395. The number of nitrogens with one attached hydrogen (secondary N) is 1. The first-order valence-electron chi connectivity index (χ1n) is 8.10. The van der Waals surface area contributed by atoms with Crippen LogP contribution in [0.2, 0.25) is 0 Å². The lowest BCUT2D eigenvalue weighted by atomic mass is 10.3. The highest BCUT2D eigenvalue weighted by molar-refractivity contribution is 7.92. The van der Waals surface area contributed by atoms with Crippen molar-refractivity contribution in [2.75, 3.05) is 18.9 Å². The predicted molar refractivity (Wildman–Crippen MR) is 106 cm³/mol. The summed E-state index contributed by atoms with van der Waals surface area (Å²) in [5.41, 5.74) is 2.65. The van der Waals surface area contributed by atoms with Crippen LogP contribution in [-0.4, -0.2) is 32.2 Å². The first-order valence-corrected chi connectivity index (χ1v) is 10.5. The molecular weight excluding hydrogens is 386 g/mol. The molecule has 0 aliphatic carbocycles. The molecule has 0 bridgehead atoms. The van der Waals surface area contributed by atoms with Gasteiger partial charge in [-0.3, -0.25) is 4.72 Å². The Kier molecular flexibility index (Phi) is 5.16. The van der Waals surface area contributed by atoms with Crippen LogP contribution < -0.4 is 14.2 Å². The number of methoxy groups -OCH3 is 2. The summed E-state index contributed by atoms with van der Waals surface area (Å²) in [5, 5.41) is 2.72. The van der Waals surface area contributed by atoms with Crippen LogP contribution in [-0.2, 0) is 17.1 Å². The maximum Gasteiger partial charge on any atom is 0.263 e. The average molecular weight is 408 g/mol. The summed E-state index contributed by atoms with van der Waals surface area (Å²) < 4.78 is 40.8. The van der Waals surface area contributed by atoms with Gasteiger partial charge in [0.1, 0.15) is 21.4 Å². The first-order chi connectivity index (χ1) is 12.7. The second kappa shape index (κ2) is 7.24. The van der Waals surface area contributed by atoms with Gasteiger partial charge in [0.05, 0.1) is 25.6 Å². The molecule has 9 heteroatoms. The molecule has 1 aromatic carbocycles. The van der Waals surface area contributed by atoms with Crippen LogP contribution in [0.1, 0.15) is 11.4 Å². The van der Waals surface area contributed by atoms with Gasteiger partial charge in [-0.15, -0.1) is 11.3 Å². The monoisotopic (exact) mass is 407 g/mol.